The summed E-state index contributed by atoms with van der Waals surface area (Å²) in [5, 5.41) is 12.1. The van der Waals surface area contributed by atoms with Crippen LogP contribution in [0.1, 0.15) is 25.7 Å². The number of nitrogens with zero attached hydrogens (tertiary/aromatic N) is 1. The number of fused-ring (bicyclic) bond motifs is 2. The zero-order valence-corrected chi connectivity index (χ0v) is 15.5. The van der Waals surface area contributed by atoms with Gasteiger partial charge >= 0.3 is 5.97 Å². The fraction of sp³-hybridized carbons (Fsp3) is 0.556. The van der Waals surface area contributed by atoms with Gasteiger partial charge in [-0.25, -0.2) is 8.42 Å². The van der Waals surface area contributed by atoms with Crippen LogP contribution in [-0.4, -0.2) is 55.0 Å². The molecule has 27 heavy (non-hydrogen) atoms. The molecule has 1 aromatic carbocycles. The van der Waals surface area contributed by atoms with Gasteiger partial charge < -0.3 is 15.2 Å². The molecular formula is C18H22N2O6S. The lowest BCUT2D eigenvalue weighted by Gasteiger charge is -2.24. The van der Waals surface area contributed by atoms with Crippen molar-refractivity contribution in [1.82, 2.24) is 4.31 Å². The molecule has 0 aliphatic carbocycles. The van der Waals surface area contributed by atoms with Gasteiger partial charge in [0.05, 0.1) is 28.9 Å². The molecular weight excluding hydrogens is 372 g/mol. The summed E-state index contributed by atoms with van der Waals surface area (Å²) in [6.45, 7) is 1.06. The van der Waals surface area contributed by atoms with E-state index in [2.05, 4.69) is 5.32 Å². The average Bonchev–Trinajstić information content (AvgIpc) is 3.38. The Balaban J connectivity index is 1.47. The number of amides is 1. The Morgan fingerprint density at radius 3 is 2.22 bits per heavy atom. The first-order valence-electron chi connectivity index (χ1n) is 9.17. The van der Waals surface area contributed by atoms with Crippen molar-refractivity contribution < 1.29 is 27.9 Å². The molecule has 3 aliphatic heterocycles. The third kappa shape index (κ3) is 3.24. The van der Waals surface area contributed by atoms with Gasteiger partial charge in [0, 0.05) is 18.8 Å². The maximum atomic E-state index is 12.6. The van der Waals surface area contributed by atoms with E-state index in [-0.39, 0.29) is 11.0 Å². The van der Waals surface area contributed by atoms with Gasteiger partial charge in [0.15, 0.2) is 0 Å². The van der Waals surface area contributed by atoms with Crippen LogP contribution < -0.4 is 5.32 Å². The van der Waals surface area contributed by atoms with Crippen LogP contribution in [0.5, 0.6) is 0 Å². The van der Waals surface area contributed by atoms with E-state index >= 15 is 0 Å². The number of aliphatic carboxylic acids is 1. The fourth-order valence-electron chi connectivity index (χ4n) is 4.34. The van der Waals surface area contributed by atoms with Crippen LogP contribution in [0.2, 0.25) is 0 Å². The van der Waals surface area contributed by atoms with Crippen molar-refractivity contribution in [2.45, 2.75) is 42.8 Å². The van der Waals surface area contributed by atoms with Crippen LogP contribution in [0.4, 0.5) is 5.69 Å². The third-order valence-corrected chi connectivity index (χ3v) is 7.60. The number of carbonyl (C=O) groups is 2. The van der Waals surface area contributed by atoms with Crippen molar-refractivity contribution in [3.05, 3.63) is 24.3 Å². The van der Waals surface area contributed by atoms with Crippen molar-refractivity contribution in [1.29, 1.82) is 0 Å². The molecule has 1 amide bonds. The summed E-state index contributed by atoms with van der Waals surface area (Å²) < 4.78 is 32.2. The Bertz CT molecular complexity index is 847. The Kier molecular flexibility index (Phi) is 4.69. The van der Waals surface area contributed by atoms with Crippen molar-refractivity contribution in [2.75, 3.05) is 18.4 Å². The normalized spacial score (nSPS) is 30.5. The molecule has 1 aromatic rings. The molecule has 3 heterocycles. The number of carbonyl (C=O) groups excluding carboxylic acids is 1. The number of anilines is 1. The van der Waals surface area contributed by atoms with Crippen molar-refractivity contribution in [2.24, 2.45) is 11.8 Å². The lowest BCUT2D eigenvalue weighted by atomic mass is 9.78. The molecule has 3 fully saturated rings. The molecule has 4 rings (SSSR count). The van der Waals surface area contributed by atoms with Gasteiger partial charge in [0.2, 0.25) is 15.9 Å². The molecule has 0 radical (unpaired) electrons. The molecule has 8 nitrogen and oxygen atoms in total. The molecule has 2 N–H and O–H groups in total. The summed E-state index contributed by atoms with van der Waals surface area (Å²) in [4.78, 5) is 24.3. The highest BCUT2D eigenvalue weighted by Gasteiger charge is 2.55. The van der Waals surface area contributed by atoms with Crippen molar-refractivity contribution in [3.8, 4) is 0 Å². The highest BCUT2D eigenvalue weighted by Crippen LogP contribution is 2.44. The van der Waals surface area contributed by atoms with E-state index in [1.165, 1.54) is 28.6 Å². The molecule has 3 aliphatic rings. The van der Waals surface area contributed by atoms with E-state index in [4.69, 9.17) is 4.74 Å². The number of nitrogens with one attached hydrogen (secondary N) is 1. The minimum Gasteiger partial charge on any atom is -0.481 e. The first kappa shape index (κ1) is 18.4. The standard InChI is InChI=1S/C18H22N2O6S/c21-17(15-13-7-8-14(26-13)16(15)18(22)23)19-11-3-5-12(6-4-11)27(24,25)20-9-1-2-10-20/h3-6,13-16H,1-2,7-10H2,(H,19,21)(H,22,23). The van der Waals surface area contributed by atoms with E-state index in [9.17, 15) is 23.1 Å². The Morgan fingerprint density at radius 1 is 1.04 bits per heavy atom. The first-order chi connectivity index (χ1) is 12.9. The number of benzene rings is 1. The second kappa shape index (κ2) is 6.88. The maximum absolute atomic E-state index is 12.6. The molecule has 4 unspecified atom stereocenters. The number of carboxylic acids is 1. The third-order valence-electron chi connectivity index (χ3n) is 5.69. The van der Waals surface area contributed by atoms with Crippen LogP contribution >= 0.6 is 0 Å². The SMILES string of the molecule is O=C(O)C1C2CCC(O2)C1C(=O)Nc1ccc(S(=O)(=O)N2CCCC2)cc1. The van der Waals surface area contributed by atoms with Gasteiger partial charge in [-0.3, -0.25) is 9.59 Å². The van der Waals surface area contributed by atoms with E-state index in [1.54, 1.807) is 0 Å². The lowest BCUT2D eigenvalue weighted by Crippen LogP contribution is -2.40. The predicted molar refractivity (Wildman–Crippen MR) is 95.6 cm³/mol. The summed E-state index contributed by atoms with van der Waals surface area (Å²) >= 11 is 0. The van der Waals surface area contributed by atoms with E-state index in [1.807, 2.05) is 0 Å². The highest BCUT2D eigenvalue weighted by molar-refractivity contribution is 7.89. The Morgan fingerprint density at radius 2 is 1.63 bits per heavy atom. The monoisotopic (exact) mass is 394 g/mol. The number of hydrogen-bond acceptors (Lipinski definition) is 5. The van der Waals surface area contributed by atoms with Gasteiger partial charge in [-0.15, -0.1) is 0 Å². The predicted octanol–water partition coefficient (Wildman–Crippen LogP) is 1.29. The zero-order valence-electron chi connectivity index (χ0n) is 14.7. The summed E-state index contributed by atoms with van der Waals surface area (Å²) in [7, 11) is -3.50. The second-order valence-corrected chi connectivity index (χ2v) is 9.24. The zero-order chi connectivity index (χ0) is 19.2. The molecule has 0 spiro atoms. The largest absolute Gasteiger partial charge is 0.481 e. The van der Waals surface area contributed by atoms with Gasteiger partial charge in [0.25, 0.3) is 0 Å². The summed E-state index contributed by atoms with van der Waals surface area (Å²) in [6.07, 6.45) is 2.30. The second-order valence-electron chi connectivity index (χ2n) is 7.30. The molecule has 4 atom stereocenters. The molecule has 9 heteroatoms. The van der Waals surface area contributed by atoms with Crippen LogP contribution in [-0.2, 0) is 24.3 Å². The smallest absolute Gasteiger partial charge is 0.310 e. The van der Waals surface area contributed by atoms with E-state index in [0.29, 0.717) is 31.6 Å². The fourth-order valence-corrected chi connectivity index (χ4v) is 5.86. The molecule has 146 valence electrons. The number of rotatable bonds is 5. The summed E-state index contributed by atoms with van der Waals surface area (Å²) in [6, 6.07) is 6.00. The summed E-state index contributed by atoms with van der Waals surface area (Å²) in [5.74, 6) is -2.98. The van der Waals surface area contributed by atoms with Crippen LogP contribution in [0, 0.1) is 11.8 Å². The van der Waals surface area contributed by atoms with Crippen LogP contribution in [0.25, 0.3) is 0 Å². The van der Waals surface area contributed by atoms with Gasteiger partial charge in [-0.1, -0.05) is 0 Å². The molecule has 3 saturated heterocycles. The van der Waals surface area contributed by atoms with Crippen molar-refractivity contribution in [3.63, 3.8) is 0 Å². The first-order valence-corrected chi connectivity index (χ1v) is 10.6. The Labute approximate surface area is 157 Å². The quantitative estimate of drug-likeness (QED) is 0.778. The number of carboxylic acid groups (broad SMARTS) is 1. The topological polar surface area (TPSA) is 113 Å². The molecule has 0 aromatic heterocycles. The summed E-state index contributed by atoms with van der Waals surface area (Å²) in [5.41, 5.74) is 0.437. The van der Waals surface area contributed by atoms with Crippen LogP contribution in [0.15, 0.2) is 29.2 Å². The molecule has 2 bridgehead atoms. The minimum absolute atomic E-state index is 0.189. The van der Waals surface area contributed by atoms with Crippen LogP contribution in [0.3, 0.4) is 0 Å². The number of sulfonamides is 1. The minimum atomic E-state index is -3.50. The molecule has 0 saturated carbocycles. The number of hydrogen-bond donors (Lipinski definition) is 2. The van der Waals surface area contributed by atoms with Crippen molar-refractivity contribution >= 4 is 27.6 Å². The maximum Gasteiger partial charge on any atom is 0.310 e. The van der Waals surface area contributed by atoms with E-state index < -0.39 is 39.8 Å². The average molecular weight is 394 g/mol. The van der Waals surface area contributed by atoms with Gasteiger partial charge in [-0.05, 0) is 49.9 Å². The number of ether oxygens (including phenoxy) is 1. The van der Waals surface area contributed by atoms with Gasteiger partial charge in [-0.2, -0.15) is 4.31 Å². The Hall–Kier alpha value is -1.97. The highest BCUT2D eigenvalue weighted by atomic mass is 32.2. The van der Waals surface area contributed by atoms with Gasteiger partial charge in [0.1, 0.15) is 0 Å². The lowest BCUT2D eigenvalue weighted by molar-refractivity contribution is -0.147. The van der Waals surface area contributed by atoms with E-state index in [0.717, 1.165) is 12.8 Å².